The molecule has 1 aliphatic rings. The molecule has 0 radical (unpaired) electrons. The average molecular weight is 402 g/mol. The fraction of sp³-hybridized carbons (Fsp3) is 0.455. The third-order valence-electron chi connectivity index (χ3n) is 5.19. The number of hydrogen-bond donors (Lipinski definition) is 1. The van der Waals surface area contributed by atoms with Gasteiger partial charge in [0.2, 0.25) is 0 Å². The Morgan fingerprint density at radius 3 is 2.72 bits per heavy atom. The molecule has 1 saturated heterocycles. The Hall–Kier alpha value is -2.67. The van der Waals surface area contributed by atoms with E-state index in [9.17, 15) is 14.0 Å². The maximum atomic E-state index is 13.0. The number of amides is 1. The van der Waals surface area contributed by atoms with E-state index in [1.54, 1.807) is 11.8 Å². The van der Waals surface area contributed by atoms with E-state index in [1.807, 2.05) is 13.0 Å². The molecular formula is C22H27FN2O4. The highest BCUT2D eigenvalue weighted by molar-refractivity contribution is 5.95. The van der Waals surface area contributed by atoms with Crippen LogP contribution in [0.3, 0.4) is 0 Å². The molecule has 1 aliphatic heterocycles. The van der Waals surface area contributed by atoms with Crippen molar-refractivity contribution in [3.8, 4) is 5.75 Å². The predicted octanol–water partition coefficient (Wildman–Crippen LogP) is 3.10. The van der Waals surface area contributed by atoms with Crippen molar-refractivity contribution in [2.75, 3.05) is 32.8 Å². The highest BCUT2D eigenvalue weighted by Gasteiger charge is 2.25. The van der Waals surface area contributed by atoms with Crippen LogP contribution >= 0.6 is 0 Å². The summed E-state index contributed by atoms with van der Waals surface area (Å²) in [7, 11) is 0. The van der Waals surface area contributed by atoms with Crippen molar-refractivity contribution in [1.29, 1.82) is 0 Å². The smallest absolute Gasteiger partial charge is 0.349 e. The minimum absolute atomic E-state index is 0.0705. The summed E-state index contributed by atoms with van der Waals surface area (Å²) in [4.78, 5) is 27.1. The SMILES string of the molecule is CCN(CCOc1ccc(F)cc1)C(=O)c1c(C)cc(C2CCCNC2)oc1=O. The number of benzene rings is 1. The Balaban J connectivity index is 1.68. The lowest BCUT2D eigenvalue weighted by atomic mass is 9.95. The van der Waals surface area contributed by atoms with Crippen LogP contribution in [0.4, 0.5) is 4.39 Å². The zero-order chi connectivity index (χ0) is 20.8. The number of nitrogens with one attached hydrogen (secondary N) is 1. The molecule has 0 aliphatic carbocycles. The standard InChI is InChI=1S/C22H27FN2O4/c1-3-25(11-12-28-18-8-6-17(23)7-9-18)21(26)20-15(2)13-19(29-22(20)27)16-5-4-10-24-14-16/h6-9,13,16,24H,3-5,10-12,14H2,1-2H3. The zero-order valence-electron chi connectivity index (χ0n) is 16.9. The van der Waals surface area contributed by atoms with Gasteiger partial charge in [-0.15, -0.1) is 0 Å². The summed E-state index contributed by atoms with van der Waals surface area (Å²) in [5.41, 5.74) is 0.111. The van der Waals surface area contributed by atoms with Crippen LogP contribution in [0.25, 0.3) is 0 Å². The van der Waals surface area contributed by atoms with E-state index in [-0.39, 0.29) is 29.8 Å². The Labute approximate surface area is 169 Å². The van der Waals surface area contributed by atoms with Gasteiger partial charge in [0.25, 0.3) is 5.91 Å². The zero-order valence-corrected chi connectivity index (χ0v) is 16.9. The average Bonchev–Trinajstić information content (AvgIpc) is 2.72. The van der Waals surface area contributed by atoms with Gasteiger partial charge in [-0.3, -0.25) is 4.79 Å². The van der Waals surface area contributed by atoms with Gasteiger partial charge in [0.15, 0.2) is 0 Å². The third kappa shape index (κ3) is 5.23. The molecule has 1 aromatic carbocycles. The van der Waals surface area contributed by atoms with Crippen LogP contribution < -0.4 is 15.7 Å². The van der Waals surface area contributed by atoms with Gasteiger partial charge in [0.05, 0.1) is 6.54 Å². The Bertz CT molecular complexity index is 889. The van der Waals surface area contributed by atoms with Gasteiger partial charge in [0.1, 0.15) is 29.5 Å². The van der Waals surface area contributed by atoms with Crippen molar-refractivity contribution in [3.63, 3.8) is 0 Å². The maximum Gasteiger partial charge on any atom is 0.349 e. The number of nitrogens with zero attached hydrogens (tertiary/aromatic N) is 1. The van der Waals surface area contributed by atoms with E-state index in [0.29, 0.717) is 30.2 Å². The van der Waals surface area contributed by atoms with E-state index in [2.05, 4.69) is 5.32 Å². The van der Waals surface area contributed by atoms with Crippen molar-refractivity contribution < 1.29 is 18.3 Å². The first-order valence-electron chi connectivity index (χ1n) is 10.0. The van der Waals surface area contributed by atoms with Gasteiger partial charge in [-0.25, -0.2) is 9.18 Å². The fourth-order valence-corrected chi connectivity index (χ4v) is 3.55. The monoisotopic (exact) mass is 402 g/mol. The molecule has 7 heteroatoms. The molecule has 0 bridgehead atoms. The fourth-order valence-electron chi connectivity index (χ4n) is 3.55. The Kier molecular flexibility index (Phi) is 7.04. The molecule has 6 nitrogen and oxygen atoms in total. The summed E-state index contributed by atoms with van der Waals surface area (Å²) in [5, 5.41) is 3.30. The normalized spacial score (nSPS) is 16.4. The number of aryl methyl sites for hydroxylation is 1. The van der Waals surface area contributed by atoms with Gasteiger partial charge in [0, 0.05) is 19.0 Å². The maximum absolute atomic E-state index is 13.0. The number of piperidine rings is 1. The van der Waals surface area contributed by atoms with Crippen LogP contribution in [-0.4, -0.2) is 43.6 Å². The summed E-state index contributed by atoms with van der Waals surface area (Å²) in [6, 6.07) is 7.51. The van der Waals surface area contributed by atoms with Crippen LogP contribution in [0, 0.1) is 12.7 Å². The second kappa shape index (κ2) is 9.69. The minimum Gasteiger partial charge on any atom is -0.492 e. The number of halogens is 1. The quantitative estimate of drug-likeness (QED) is 0.771. The lowest BCUT2D eigenvalue weighted by molar-refractivity contribution is 0.0733. The molecule has 1 amide bonds. The van der Waals surface area contributed by atoms with Crippen LogP contribution in [0.2, 0.25) is 0 Å². The number of ether oxygens (including phenoxy) is 1. The molecule has 1 aromatic heterocycles. The molecule has 1 atom stereocenters. The summed E-state index contributed by atoms with van der Waals surface area (Å²) >= 11 is 0. The first-order chi connectivity index (χ1) is 14.0. The van der Waals surface area contributed by atoms with Crippen LogP contribution in [0.15, 0.2) is 39.5 Å². The summed E-state index contributed by atoms with van der Waals surface area (Å²) in [5.74, 6) is 0.618. The van der Waals surface area contributed by atoms with Crippen molar-refractivity contribution in [1.82, 2.24) is 10.2 Å². The first-order valence-corrected chi connectivity index (χ1v) is 10.0. The molecule has 156 valence electrons. The molecule has 0 spiro atoms. The molecule has 2 aromatic rings. The topological polar surface area (TPSA) is 71.8 Å². The second-order valence-electron chi connectivity index (χ2n) is 7.22. The highest BCUT2D eigenvalue weighted by Crippen LogP contribution is 2.24. The van der Waals surface area contributed by atoms with Crippen molar-refractivity contribution in [2.24, 2.45) is 0 Å². The van der Waals surface area contributed by atoms with Crippen molar-refractivity contribution in [2.45, 2.75) is 32.6 Å². The molecule has 29 heavy (non-hydrogen) atoms. The van der Waals surface area contributed by atoms with Gasteiger partial charge in [-0.1, -0.05) is 0 Å². The van der Waals surface area contributed by atoms with Gasteiger partial charge >= 0.3 is 5.63 Å². The highest BCUT2D eigenvalue weighted by atomic mass is 19.1. The minimum atomic E-state index is -0.589. The molecule has 0 saturated carbocycles. The van der Waals surface area contributed by atoms with E-state index in [4.69, 9.17) is 9.15 Å². The van der Waals surface area contributed by atoms with E-state index in [1.165, 1.54) is 24.3 Å². The summed E-state index contributed by atoms with van der Waals surface area (Å²) < 4.78 is 24.0. The molecular weight excluding hydrogens is 375 g/mol. The summed E-state index contributed by atoms with van der Waals surface area (Å²) in [6.45, 7) is 6.33. The predicted molar refractivity (Wildman–Crippen MR) is 108 cm³/mol. The number of rotatable bonds is 7. The molecule has 2 heterocycles. The molecule has 1 N–H and O–H groups in total. The molecule has 1 unspecified atom stereocenters. The lowest BCUT2D eigenvalue weighted by Gasteiger charge is -2.23. The molecule has 3 rings (SSSR count). The number of carbonyl (C=O) groups excluding carboxylic acids is 1. The van der Waals surface area contributed by atoms with Crippen LogP contribution in [-0.2, 0) is 0 Å². The Morgan fingerprint density at radius 1 is 1.34 bits per heavy atom. The lowest BCUT2D eigenvalue weighted by Crippen LogP contribution is -2.37. The van der Waals surface area contributed by atoms with Crippen molar-refractivity contribution >= 4 is 5.91 Å². The largest absolute Gasteiger partial charge is 0.492 e. The van der Waals surface area contributed by atoms with Crippen molar-refractivity contribution in [3.05, 3.63) is 63.5 Å². The van der Waals surface area contributed by atoms with Gasteiger partial charge < -0.3 is 19.4 Å². The van der Waals surface area contributed by atoms with E-state index >= 15 is 0 Å². The van der Waals surface area contributed by atoms with Gasteiger partial charge in [-0.05, 0) is 69.1 Å². The van der Waals surface area contributed by atoms with Crippen LogP contribution in [0.1, 0.15) is 47.4 Å². The second-order valence-corrected chi connectivity index (χ2v) is 7.22. The molecule has 1 fully saturated rings. The first kappa shape index (κ1) is 21.0. The van der Waals surface area contributed by atoms with Crippen LogP contribution in [0.5, 0.6) is 5.75 Å². The third-order valence-corrected chi connectivity index (χ3v) is 5.19. The summed E-state index contributed by atoms with van der Waals surface area (Å²) in [6.07, 6.45) is 2.00. The van der Waals surface area contributed by atoms with Gasteiger partial charge in [-0.2, -0.15) is 0 Å². The number of likely N-dealkylation sites (N-methyl/N-ethyl adjacent to an activating group) is 1. The van der Waals surface area contributed by atoms with E-state index < -0.39 is 5.63 Å². The van der Waals surface area contributed by atoms with E-state index in [0.717, 1.165) is 25.9 Å². The Morgan fingerprint density at radius 2 is 2.10 bits per heavy atom. The number of carbonyl (C=O) groups is 1. The number of hydrogen-bond acceptors (Lipinski definition) is 5.